The Labute approximate surface area is 222 Å². The van der Waals surface area contributed by atoms with Crippen LogP contribution in [0.1, 0.15) is 31.3 Å². The fourth-order valence-corrected chi connectivity index (χ4v) is 5.07. The van der Waals surface area contributed by atoms with E-state index < -0.39 is 11.5 Å². The number of aromatic nitrogens is 4. The molecule has 0 aliphatic rings. The Morgan fingerprint density at radius 2 is 2.08 bits per heavy atom. The van der Waals surface area contributed by atoms with Gasteiger partial charge in [-0.15, -0.1) is 11.3 Å². The predicted molar refractivity (Wildman–Crippen MR) is 138 cm³/mol. The number of halogens is 1. The average Bonchev–Trinajstić information content (AvgIpc) is 3.70. The zero-order valence-electron chi connectivity index (χ0n) is 18.8. The molecule has 0 aliphatic carbocycles. The van der Waals surface area contributed by atoms with E-state index in [1.54, 1.807) is 23.6 Å². The molecule has 5 heterocycles. The zero-order valence-corrected chi connectivity index (χ0v) is 21.1. The van der Waals surface area contributed by atoms with Crippen molar-refractivity contribution in [3.05, 3.63) is 96.9 Å². The van der Waals surface area contributed by atoms with E-state index >= 15 is 0 Å². The van der Waals surface area contributed by atoms with Crippen LogP contribution in [-0.4, -0.2) is 30.4 Å². The van der Waals surface area contributed by atoms with Crippen LogP contribution in [0.15, 0.2) is 69.7 Å². The molecule has 0 saturated heterocycles. The Kier molecular flexibility index (Phi) is 6.82. The maximum Gasteiger partial charge on any atom is 0.283 e. The van der Waals surface area contributed by atoms with Gasteiger partial charge in [-0.05, 0) is 35.8 Å². The molecule has 1 N–H and O–H groups in total. The van der Waals surface area contributed by atoms with Crippen LogP contribution in [0.2, 0.25) is 4.34 Å². The van der Waals surface area contributed by atoms with E-state index in [1.165, 1.54) is 42.2 Å². The standard InChI is InChI=1S/C24H15ClN6O4S2/c25-21-2-1-16(37-21)10-27-22-8-19(28-31(22)24(34)14-3-5-35-13-14)17-7-23(33)30(11-15(17)9-26)12-20(32)18-4-6-36-29-18/h1-8,11,13,27H,10,12H2. The number of carbonyl (C=O) groups excluding carboxylic acids is 2. The number of pyridine rings is 1. The van der Waals surface area contributed by atoms with Crippen molar-refractivity contribution in [3.63, 3.8) is 0 Å². The predicted octanol–water partition coefficient (Wildman–Crippen LogP) is 4.53. The van der Waals surface area contributed by atoms with Gasteiger partial charge in [0.2, 0.25) is 5.78 Å². The minimum atomic E-state index is -0.504. The summed E-state index contributed by atoms with van der Waals surface area (Å²) in [5.41, 5.74) is 0.590. The van der Waals surface area contributed by atoms with Gasteiger partial charge in [0.1, 0.15) is 23.8 Å². The Hall–Kier alpha value is -4.31. The van der Waals surface area contributed by atoms with Gasteiger partial charge in [0, 0.05) is 34.2 Å². The van der Waals surface area contributed by atoms with Gasteiger partial charge in [0.25, 0.3) is 11.5 Å². The topological polar surface area (TPSA) is 136 Å². The number of Topliss-reactive ketones (excluding diaryl/α,β-unsaturated/α-hetero) is 1. The molecular weight excluding hydrogens is 536 g/mol. The first kappa shape index (κ1) is 24.4. The molecule has 0 bridgehead atoms. The number of hydrogen-bond donors (Lipinski definition) is 1. The summed E-state index contributed by atoms with van der Waals surface area (Å²) in [5, 5.41) is 19.0. The lowest BCUT2D eigenvalue weighted by atomic mass is 10.1. The number of rotatable bonds is 8. The fraction of sp³-hybridized carbons (Fsp3) is 0.0833. The Morgan fingerprint density at radius 3 is 2.76 bits per heavy atom. The molecule has 5 aromatic heterocycles. The van der Waals surface area contributed by atoms with Gasteiger partial charge < -0.3 is 14.3 Å². The molecule has 13 heteroatoms. The number of ketones is 1. The van der Waals surface area contributed by atoms with Gasteiger partial charge in [-0.25, -0.2) is 0 Å². The first-order chi connectivity index (χ1) is 17.9. The number of nitrogens with one attached hydrogen (secondary N) is 1. The number of nitrogens with zero attached hydrogens (tertiary/aromatic N) is 5. The van der Waals surface area contributed by atoms with Crippen molar-refractivity contribution < 1.29 is 14.0 Å². The molecule has 184 valence electrons. The molecule has 5 aromatic rings. The van der Waals surface area contributed by atoms with Crippen molar-refractivity contribution in [3.8, 4) is 17.3 Å². The zero-order chi connectivity index (χ0) is 25.9. The lowest BCUT2D eigenvalue weighted by Gasteiger charge is -2.07. The fourth-order valence-electron chi connectivity index (χ4n) is 3.52. The van der Waals surface area contributed by atoms with Crippen molar-refractivity contribution in [2.24, 2.45) is 0 Å². The third-order valence-electron chi connectivity index (χ3n) is 5.30. The summed E-state index contributed by atoms with van der Waals surface area (Å²) in [6, 6.07) is 11.6. The van der Waals surface area contributed by atoms with E-state index in [0.717, 1.165) is 25.7 Å². The summed E-state index contributed by atoms with van der Waals surface area (Å²) >= 11 is 8.54. The van der Waals surface area contributed by atoms with Crippen LogP contribution in [0, 0.1) is 11.3 Å². The van der Waals surface area contributed by atoms with Gasteiger partial charge in [-0.2, -0.15) is 19.4 Å². The smallest absolute Gasteiger partial charge is 0.283 e. The van der Waals surface area contributed by atoms with E-state index in [0.29, 0.717) is 16.7 Å². The summed E-state index contributed by atoms with van der Waals surface area (Å²) in [6.07, 6.45) is 3.98. The molecule has 0 amide bonds. The van der Waals surface area contributed by atoms with Crippen molar-refractivity contribution in [2.45, 2.75) is 13.1 Å². The number of carbonyl (C=O) groups is 2. The number of anilines is 1. The van der Waals surface area contributed by atoms with Crippen LogP contribution in [0.5, 0.6) is 0 Å². The number of furan rings is 1. The Balaban J connectivity index is 1.51. The molecular formula is C24H15ClN6O4S2. The summed E-state index contributed by atoms with van der Waals surface area (Å²) in [7, 11) is 0. The van der Waals surface area contributed by atoms with Gasteiger partial charge >= 0.3 is 0 Å². The second kappa shape index (κ2) is 10.4. The molecule has 0 aromatic carbocycles. The van der Waals surface area contributed by atoms with Crippen LogP contribution in [-0.2, 0) is 13.1 Å². The van der Waals surface area contributed by atoms with E-state index in [2.05, 4.69) is 14.8 Å². The van der Waals surface area contributed by atoms with E-state index in [9.17, 15) is 19.6 Å². The van der Waals surface area contributed by atoms with E-state index in [1.807, 2.05) is 12.1 Å². The molecule has 5 rings (SSSR count). The first-order valence-corrected chi connectivity index (χ1v) is 12.7. The van der Waals surface area contributed by atoms with Crippen molar-refractivity contribution in [1.29, 1.82) is 5.26 Å². The van der Waals surface area contributed by atoms with Gasteiger partial charge in [-0.3, -0.25) is 14.4 Å². The molecule has 0 saturated carbocycles. The molecule has 0 aliphatic heterocycles. The minimum Gasteiger partial charge on any atom is -0.472 e. The minimum absolute atomic E-state index is 0.114. The number of hydrogen-bond acceptors (Lipinski definition) is 10. The van der Waals surface area contributed by atoms with Gasteiger partial charge in [0.05, 0.1) is 40.5 Å². The lowest BCUT2D eigenvalue weighted by Crippen LogP contribution is -2.24. The van der Waals surface area contributed by atoms with Crippen molar-refractivity contribution >= 4 is 52.0 Å². The van der Waals surface area contributed by atoms with Crippen molar-refractivity contribution in [2.75, 3.05) is 5.32 Å². The van der Waals surface area contributed by atoms with E-state index in [-0.39, 0.29) is 40.4 Å². The van der Waals surface area contributed by atoms with Gasteiger partial charge in [0.15, 0.2) is 0 Å². The van der Waals surface area contributed by atoms with Crippen LogP contribution in [0.4, 0.5) is 5.82 Å². The molecule has 0 fully saturated rings. The Bertz CT molecular complexity index is 1690. The quantitative estimate of drug-likeness (QED) is 0.278. The summed E-state index contributed by atoms with van der Waals surface area (Å²) in [5.74, 6) is -0.472. The van der Waals surface area contributed by atoms with Gasteiger partial charge in [-0.1, -0.05) is 11.6 Å². The van der Waals surface area contributed by atoms with Crippen LogP contribution < -0.4 is 10.9 Å². The second-order valence-electron chi connectivity index (χ2n) is 7.69. The summed E-state index contributed by atoms with van der Waals surface area (Å²) in [4.78, 5) is 39.3. The first-order valence-electron chi connectivity index (χ1n) is 10.7. The molecule has 37 heavy (non-hydrogen) atoms. The van der Waals surface area contributed by atoms with E-state index in [4.69, 9.17) is 16.0 Å². The van der Waals surface area contributed by atoms with Crippen LogP contribution in [0.25, 0.3) is 11.3 Å². The maximum atomic E-state index is 13.1. The normalized spacial score (nSPS) is 10.8. The molecule has 0 radical (unpaired) electrons. The van der Waals surface area contributed by atoms with Crippen LogP contribution >= 0.6 is 34.5 Å². The van der Waals surface area contributed by atoms with Crippen LogP contribution in [0.3, 0.4) is 0 Å². The number of thiophene rings is 1. The molecule has 10 nitrogen and oxygen atoms in total. The molecule has 0 spiro atoms. The third kappa shape index (κ3) is 5.14. The molecule has 0 unspecified atom stereocenters. The second-order valence-corrected chi connectivity index (χ2v) is 10.2. The highest BCUT2D eigenvalue weighted by Crippen LogP contribution is 2.27. The third-order valence-corrected chi connectivity index (χ3v) is 7.09. The summed E-state index contributed by atoms with van der Waals surface area (Å²) < 4.78 is 11.9. The Morgan fingerprint density at radius 1 is 1.22 bits per heavy atom. The summed E-state index contributed by atoms with van der Waals surface area (Å²) in [6.45, 7) is 0.105. The highest BCUT2D eigenvalue weighted by Gasteiger charge is 2.21. The maximum absolute atomic E-state index is 13.1. The highest BCUT2D eigenvalue weighted by molar-refractivity contribution is 7.16. The highest BCUT2D eigenvalue weighted by atomic mass is 35.5. The molecule has 0 atom stereocenters. The SMILES string of the molecule is N#Cc1cn(CC(=O)c2ccsn2)c(=O)cc1-c1cc(NCc2ccc(Cl)s2)n(C(=O)c2ccoc2)n1. The number of nitriles is 1. The van der Waals surface area contributed by atoms with Crippen molar-refractivity contribution in [1.82, 2.24) is 18.7 Å². The lowest BCUT2D eigenvalue weighted by molar-refractivity contribution is 0.0944. The largest absolute Gasteiger partial charge is 0.472 e. The average molecular weight is 551 g/mol. The monoisotopic (exact) mass is 550 g/mol.